The van der Waals surface area contributed by atoms with Crippen LogP contribution in [0.5, 0.6) is 0 Å². The smallest absolute Gasteiger partial charge is 0.222 e. The molecule has 1 aromatic carbocycles. The molecule has 1 heterocycles. The van der Waals surface area contributed by atoms with Crippen LogP contribution in [0.2, 0.25) is 5.02 Å². The summed E-state index contributed by atoms with van der Waals surface area (Å²) in [6.45, 7) is 4.15. The second kappa shape index (κ2) is 8.41. The van der Waals surface area contributed by atoms with Crippen LogP contribution in [0, 0.1) is 0 Å². The lowest BCUT2D eigenvalue weighted by Crippen LogP contribution is -2.21. The lowest BCUT2D eigenvalue weighted by Gasteiger charge is -2.24. The van der Waals surface area contributed by atoms with E-state index in [1.54, 1.807) is 6.20 Å². The molecule has 132 valence electrons. The van der Waals surface area contributed by atoms with Crippen LogP contribution >= 0.6 is 11.6 Å². The van der Waals surface area contributed by atoms with Crippen molar-refractivity contribution in [3.05, 3.63) is 52.3 Å². The van der Waals surface area contributed by atoms with Crippen LogP contribution in [0.1, 0.15) is 47.3 Å². The van der Waals surface area contributed by atoms with Crippen LogP contribution in [-0.4, -0.2) is 35.5 Å². The second-order valence-corrected chi connectivity index (χ2v) is 6.49. The lowest BCUT2D eigenvalue weighted by atomic mass is 9.82. The van der Waals surface area contributed by atoms with Crippen molar-refractivity contribution in [2.75, 3.05) is 25.1 Å². The minimum Gasteiger partial charge on any atom is -0.382 e. The number of aromatic nitrogens is 2. The van der Waals surface area contributed by atoms with E-state index in [1.165, 1.54) is 0 Å². The summed E-state index contributed by atoms with van der Waals surface area (Å²) < 4.78 is 5.31. The van der Waals surface area contributed by atoms with Gasteiger partial charge < -0.3 is 10.1 Å². The van der Waals surface area contributed by atoms with E-state index in [9.17, 15) is 4.79 Å². The first-order chi connectivity index (χ1) is 12.2. The molecule has 6 heteroatoms. The van der Waals surface area contributed by atoms with Gasteiger partial charge in [-0.25, -0.2) is 9.97 Å². The highest BCUT2D eigenvalue weighted by Gasteiger charge is 2.29. The predicted octanol–water partition coefficient (Wildman–Crippen LogP) is 3.88. The highest BCUT2D eigenvalue weighted by molar-refractivity contribution is 6.31. The molecular weight excluding hydrogens is 338 g/mol. The van der Waals surface area contributed by atoms with Crippen molar-refractivity contribution in [3.8, 4) is 0 Å². The molecule has 0 saturated carbocycles. The van der Waals surface area contributed by atoms with Gasteiger partial charge in [0.15, 0.2) is 5.78 Å². The van der Waals surface area contributed by atoms with Gasteiger partial charge in [-0.2, -0.15) is 0 Å². The normalized spacial score (nSPS) is 16.6. The zero-order valence-corrected chi connectivity index (χ0v) is 15.1. The summed E-state index contributed by atoms with van der Waals surface area (Å²) in [5.41, 5.74) is 2.43. The Kier molecular flexibility index (Phi) is 6.00. The quantitative estimate of drug-likeness (QED) is 0.760. The molecular formula is C19H22ClN3O2. The average Bonchev–Trinajstić information content (AvgIpc) is 2.61. The molecule has 1 atom stereocenters. The van der Waals surface area contributed by atoms with Crippen LogP contribution in [-0.2, 0) is 11.2 Å². The van der Waals surface area contributed by atoms with Crippen molar-refractivity contribution in [1.82, 2.24) is 9.97 Å². The molecule has 25 heavy (non-hydrogen) atoms. The fourth-order valence-corrected chi connectivity index (χ4v) is 3.37. The molecule has 1 aliphatic rings. The minimum atomic E-state index is 0.0643. The Hall–Kier alpha value is -1.98. The molecule has 0 amide bonds. The van der Waals surface area contributed by atoms with E-state index in [-0.39, 0.29) is 11.7 Å². The van der Waals surface area contributed by atoms with Crippen LogP contribution in [0.15, 0.2) is 30.5 Å². The number of hydrogen-bond acceptors (Lipinski definition) is 5. The average molecular weight is 360 g/mol. The molecule has 3 rings (SSSR count). The van der Waals surface area contributed by atoms with Crippen LogP contribution in [0.25, 0.3) is 0 Å². The first kappa shape index (κ1) is 17.8. The Morgan fingerprint density at radius 3 is 2.96 bits per heavy atom. The Labute approximate surface area is 152 Å². The third kappa shape index (κ3) is 4.35. The van der Waals surface area contributed by atoms with Gasteiger partial charge in [0.2, 0.25) is 5.95 Å². The molecule has 1 N–H and O–H groups in total. The monoisotopic (exact) mass is 359 g/mol. The maximum Gasteiger partial charge on any atom is 0.222 e. The summed E-state index contributed by atoms with van der Waals surface area (Å²) in [4.78, 5) is 21.3. The fourth-order valence-electron chi connectivity index (χ4n) is 3.07. The van der Waals surface area contributed by atoms with Gasteiger partial charge in [0.05, 0.1) is 11.3 Å². The number of benzene rings is 1. The Bertz CT molecular complexity index is 751. The van der Waals surface area contributed by atoms with Gasteiger partial charge in [-0.3, -0.25) is 4.79 Å². The molecule has 0 radical (unpaired) electrons. The number of carbonyl (C=O) groups excluding carboxylic acids is 1. The van der Waals surface area contributed by atoms with E-state index in [0.717, 1.165) is 30.8 Å². The number of halogens is 1. The standard InChI is InChI=1S/C19H22ClN3O2/c1-2-25-9-5-8-21-19-22-12-15-17(23-19)10-13(11-18(15)24)14-6-3-4-7-16(14)20/h3-4,6-7,12-13H,2,5,8-11H2,1H3,(H,21,22,23)/t13-/m1/s1. The predicted molar refractivity (Wildman–Crippen MR) is 98.5 cm³/mol. The number of fused-ring (bicyclic) bond motifs is 1. The summed E-state index contributed by atoms with van der Waals surface area (Å²) in [7, 11) is 0. The highest BCUT2D eigenvalue weighted by Crippen LogP contribution is 2.35. The molecule has 1 aromatic heterocycles. The largest absolute Gasteiger partial charge is 0.382 e. The topological polar surface area (TPSA) is 64.1 Å². The van der Waals surface area contributed by atoms with E-state index in [0.29, 0.717) is 36.0 Å². The number of nitrogens with zero attached hydrogens (tertiary/aromatic N) is 2. The zero-order valence-electron chi connectivity index (χ0n) is 14.3. The Morgan fingerprint density at radius 2 is 2.16 bits per heavy atom. The van der Waals surface area contributed by atoms with Crippen molar-refractivity contribution in [2.24, 2.45) is 0 Å². The lowest BCUT2D eigenvalue weighted by molar-refractivity contribution is 0.0963. The number of ether oxygens (including phenoxy) is 1. The van der Waals surface area contributed by atoms with E-state index >= 15 is 0 Å². The van der Waals surface area contributed by atoms with Crippen molar-refractivity contribution < 1.29 is 9.53 Å². The van der Waals surface area contributed by atoms with E-state index in [1.807, 2.05) is 31.2 Å². The highest BCUT2D eigenvalue weighted by atomic mass is 35.5. The van der Waals surface area contributed by atoms with Crippen LogP contribution in [0.4, 0.5) is 5.95 Å². The van der Waals surface area contributed by atoms with Crippen LogP contribution in [0.3, 0.4) is 0 Å². The first-order valence-electron chi connectivity index (χ1n) is 8.64. The molecule has 0 saturated heterocycles. The Morgan fingerprint density at radius 1 is 1.32 bits per heavy atom. The number of carbonyl (C=O) groups is 1. The van der Waals surface area contributed by atoms with Gasteiger partial charge in [0.1, 0.15) is 0 Å². The minimum absolute atomic E-state index is 0.0643. The third-order valence-electron chi connectivity index (χ3n) is 4.34. The van der Waals surface area contributed by atoms with E-state index in [4.69, 9.17) is 16.3 Å². The van der Waals surface area contributed by atoms with Gasteiger partial charge >= 0.3 is 0 Å². The summed E-state index contributed by atoms with van der Waals surface area (Å²) in [5, 5.41) is 3.90. The zero-order chi connectivity index (χ0) is 17.6. The molecule has 0 fully saturated rings. The molecule has 2 aromatic rings. The Balaban J connectivity index is 1.72. The molecule has 5 nitrogen and oxygen atoms in total. The van der Waals surface area contributed by atoms with Crippen molar-refractivity contribution >= 4 is 23.3 Å². The van der Waals surface area contributed by atoms with Gasteiger partial charge in [-0.1, -0.05) is 29.8 Å². The van der Waals surface area contributed by atoms with E-state index < -0.39 is 0 Å². The van der Waals surface area contributed by atoms with Gasteiger partial charge in [-0.15, -0.1) is 0 Å². The number of nitrogens with one attached hydrogen (secondary N) is 1. The van der Waals surface area contributed by atoms with Crippen molar-refractivity contribution in [2.45, 2.75) is 32.1 Å². The summed E-state index contributed by atoms with van der Waals surface area (Å²) in [5.74, 6) is 0.700. The molecule has 0 aliphatic heterocycles. The third-order valence-corrected chi connectivity index (χ3v) is 4.68. The number of rotatable bonds is 7. The summed E-state index contributed by atoms with van der Waals surface area (Å²) in [6, 6.07) is 7.70. The van der Waals surface area contributed by atoms with E-state index in [2.05, 4.69) is 15.3 Å². The van der Waals surface area contributed by atoms with Crippen molar-refractivity contribution in [3.63, 3.8) is 0 Å². The number of Topliss-reactive ketones (excluding diaryl/α,β-unsaturated/α-hetero) is 1. The molecule has 0 spiro atoms. The van der Waals surface area contributed by atoms with Gasteiger partial charge in [-0.05, 0) is 37.3 Å². The summed E-state index contributed by atoms with van der Waals surface area (Å²) >= 11 is 6.31. The van der Waals surface area contributed by atoms with Gasteiger partial charge in [0, 0.05) is 37.4 Å². The summed E-state index contributed by atoms with van der Waals surface area (Å²) in [6.07, 6.45) is 3.66. The first-order valence-corrected chi connectivity index (χ1v) is 9.02. The van der Waals surface area contributed by atoms with Crippen LogP contribution < -0.4 is 5.32 Å². The number of ketones is 1. The second-order valence-electron chi connectivity index (χ2n) is 6.08. The van der Waals surface area contributed by atoms with Crippen molar-refractivity contribution in [1.29, 1.82) is 0 Å². The molecule has 0 unspecified atom stereocenters. The molecule has 1 aliphatic carbocycles. The maximum atomic E-state index is 12.5. The number of anilines is 1. The van der Waals surface area contributed by atoms with Gasteiger partial charge in [0.25, 0.3) is 0 Å². The number of hydrogen-bond donors (Lipinski definition) is 1. The maximum absolute atomic E-state index is 12.5. The molecule has 0 bridgehead atoms. The fraction of sp³-hybridized carbons (Fsp3) is 0.421. The SMILES string of the molecule is CCOCCCNc1ncc2c(n1)C[C@@H](c1ccccc1Cl)CC2=O.